The molecule has 0 radical (unpaired) electrons. The van der Waals surface area contributed by atoms with Crippen molar-refractivity contribution < 1.29 is 20.1 Å². The van der Waals surface area contributed by atoms with E-state index in [4.69, 9.17) is 10.5 Å². The summed E-state index contributed by atoms with van der Waals surface area (Å²) in [5, 5.41) is 31.2. The maximum atomic E-state index is 9.56. The van der Waals surface area contributed by atoms with E-state index in [0.717, 1.165) is 13.0 Å². The van der Waals surface area contributed by atoms with Crippen LogP contribution in [-0.4, -0.2) is 59.6 Å². The van der Waals surface area contributed by atoms with Crippen molar-refractivity contribution in [2.24, 2.45) is 5.73 Å². The molecule has 0 saturated carbocycles. The first kappa shape index (κ1) is 12.8. The third-order valence-electron chi connectivity index (χ3n) is 2.45. The van der Waals surface area contributed by atoms with Gasteiger partial charge in [0.2, 0.25) is 0 Å². The lowest BCUT2D eigenvalue weighted by atomic mass is 10.0. The highest BCUT2D eigenvalue weighted by molar-refractivity contribution is 4.83. The molecule has 0 aromatic heterocycles. The van der Waals surface area contributed by atoms with Gasteiger partial charge in [-0.15, -0.1) is 0 Å². The summed E-state index contributed by atoms with van der Waals surface area (Å²) in [6, 6.07) is 0. The van der Waals surface area contributed by atoms with Crippen molar-refractivity contribution in [1.82, 2.24) is 5.32 Å². The van der Waals surface area contributed by atoms with Crippen LogP contribution in [0.2, 0.25) is 0 Å². The fourth-order valence-corrected chi connectivity index (χ4v) is 1.57. The van der Waals surface area contributed by atoms with Gasteiger partial charge in [0.25, 0.3) is 0 Å². The predicted octanol–water partition coefficient (Wildman–Crippen LogP) is -2.25. The van der Waals surface area contributed by atoms with E-state index >= 15 is 0 Å². The Bertz CT molecular complexity index is 181. The van der Waals surface area contributed by atoms with Gasteiger partial charge >= 0.3 is 0 Å². The molecule has 90 valence electrons. The number of hydrogen-bond acceptors (Lipinski definition) is 6. The monoisotopic (exact) mass is 220 g/mol. The molecule has 0 spiro atoms. The Kier molecular flexibility index (Phi) is 5.44. The van der Waals surface area contributed by atoms with Gasteiger partial charge in [-0.2, -0.15) is 0 Å². The van der Waals surface area contributed by atoms with Crippen LogP contribution in [0.4, 0.5) is 0 Å². The lowest BCUT2D eigenvalue weighted by molar-refractivity contribution is -0.230. The molecule has 6 heteroatoms. The van der Waals surface area contributed by atoms with Crippen LogP contribution in [0.3, 0.4) is 0 Å². The van der Waals surface area contributed by atoms with Gasteiger partial charge in [-0.1, -0.05) is 0 Å². The summed E-state index contributed by atoms with van der Waals surface area (Å²) in [4.78, 5) is 0. The van der Waals surface area contributed by atoms with E-state index in [9.17, 15) is 15.3 Å². The number of nitrogens with two attached hydrogens (primary N) is 1. The number of hydrogen-bond donors (Lipinski definition) is 5. The molecule has 0 aliphatic carbocycles. The van der Waals surface area contributed by atoms with Gasteiger partial charge in [-0.3, -0.25) is 0 Å². The summed E-state index contributed by atoms with van der Waals surface area (Å²) in [5.74, 6) is 0. The van der Waals surface area contributed by atoms with Crippen LogP contribution >= 0.6 is 0 Å². The summed E-state index contributed by atoms with van der Waals surface area (Å²) < 4.78 is 5.10. The van der Waals surface area contributed by atoms with E-state index in [0.29, 0.717) is 13.1 Å². The van der Waals surface area contributed by atoms with Gasteiger partial charge in [0.1, 0.15) is 12.2 Å². The minimum absolute atomic E-state index is 0.0560. The second kappa shape index (κ2) is 6.37. The normalized spacial score (nSPS) is 36.8. The van der Waals surface area contributed by atoms with Crippen LogP contribution in [0.25, 0.3) is 0 Å². The van der Waals surface area contributed by atoms with Crippen molar-refractivity contribution in [3.05, 3.63) is 0 Å². The maximum absolute atomic E-state index is 9.56. The highest BCUT2D eigenvalue weighted by atomic mass is 16.6. The summed E-state index contributed by atoms with van der Waals surface area (Å²) in [7, 11) is 0. The van der Waals surface area contributed by atoms with Gasteiger partial charge in [0.15, 0.2) is 6.29 Å². The van der Waals surface area contributed by atoms with Crippen molar-refractivity contribution in [3.63, 3.8) is 0 Å². The van der Waals surface area contributed by atoms with Crippen LogP contribution in [0, 0.1) is 0 Å². The zero-order chi connectivity index (χ0) is 11.3. The fraction of sp³-hybridized carbons (Fsp3) is 1.00. The van der Waals surface area contributed by atoms with Crippen LogP contribution < -0.4 is 11.1 Å². The smallest absolute Gasteiger partial charge is 0.157 e. The minimum Gasteiger partial charge on any atom is -0.390 e. The molecule has 1 aliphatic rings. The quantitative estimate of drug-likeness (QED) is 0.335. The molecule has 0 bridgehead atoms. The Morgan fingerprint density at radius 1 is 1.33 bits per heavy atom. The molecule has 1 saturated heterocycles. The minimum atomic E-state index is -0.996. The average Bonchev–Trinajstić information content (AvgIpc) is 2.19. The zero-order valence-corrected chi connectivity index (χ0v) is 8.67. The SMILES string of the molecule is NCCCNCC1O[C@H](O)CC(O)[C@@H]1O. The molecule has 0 aromatic rings. The number of ether oxygens (including phenoxy) is 1. The van der Waals surface area contributed by atoms with Crippen LogP contribution in [0.15, 0.2) is 0 Å². The Balaban J connectivity index is 2.26. The molecular weight excluding hydrogens is 200 g/mol. The third-order valence-corrected chi connectivity index (χ3v) is 2.45. The van der Waals surface area contributed by atoms with E-state index in [2.05, 4.69) is 5.32 Å². The Morgan fingerprint density at radius 3 is 2.73 bits per heavy atom. The zero-order valence-electron chi connectivity index (χ0n) is 8.67. The van der Waals surface area contributed by atoms with Gasteiger partial charge in [-0.05, 0) is 19.5 Å². The van der Waals surface area contributed by atoms with E-state index in [1.54, 1.807) is 0 Å². The third kappa shape index (κ3) is 4.02. The predicted molar refractivity (Wildman–Crippen MR) is 54.1 cm³/mol. The molecule has 0 aromatic carbocycles. The molecule has 1 fully saturated rings. The molecule has 4 atom stereocenters. The van der Waals surface area contributed by atoms with Crippen molar-refractivity contribution in [1.29, 1.82) is 0 Å². The van der Waals surface area contributed by atoms with Crippen LogP contribution in [0.5, 0.6) is 0 Å². The largest absolute Gasteiger partial charge is 0.390 e. The first-order chi connectivity index (χ1) is 7.15. The van der Waals surface area contributed by atoms with Crippen molar-refractivity contribution in [2.75, 3.05) is 19.6 Å². The summed E-state index contributed by atoms with van der Waals surface area (Å²) >= 11 is 0. The van der Waals surface area contributed by atoms with E-state index in [1.807, 2.05) is 0 Å². The Labute approximate surface area is 89.0 Å². The molecule has 1 rings (SSSR count). The van der Waals surface area contributed by atoms with Gasteiger partial charge < -0.3 is 31.1 Å². The topological polar surface area (TPSA) is 108 Å². The van der Waals surface area contributed by atoms with Gasteiger partial charge in [0.05, 0.1) is 6.10 Å². The van der Waals surface area contributed by atoms with Crippen LogP contribution in [0.1, 0.15) is 12.8 Å². The van der Waals surface area contributed by atoms with E-state index in [-0.39, 0.29) is 6.42 Å². The molecule has 15 heavy (non-hydrogen) atoms. The van der Waals surface area contributed by atoms with E-state index in [1.165, 1.54) is 0 Å². The molecule has 1 heterocycles. The van der Waals surface area contributed by atoms with Crippen molar-refractivity contribution in [3.8, 4) is 0 Å². The second-order valence-corrected chi connectivity index (χ2v) is 3.77. The van der Waals surface area contributed by atoms with Crippen molar-refractivity contribution >= 4 is 0 Å². The Hall–Kier alpha value is -0.240. The number of aliphatic hydroxyl groups excluding tert-OH is 3. The second-order valence-electron chi connectivity index (χ2n) is 3.77. The molecule has 6 N–H and O–H groups in total. The van der Waals surface area contributed by atoms with Crippen molar-refractivity contribution in [2.45, 2.75) is 37.4 Å². The van der Waals surface area contributed by atoms with E-state index < -0.39 is 24.6 Å². The van der Waals surface area contributed by atoms with Gasteiger partial charge in [0, 0.05) is 13.0 Å². The summed E-state index contributed by atoms with van der Waals surface area (Å²) in [6.07, 6.45) is -2.53. The summed E-state index contributed by atoms with van der Waals surface area (Å²) in [6.45, 7) is 1.73. The van der Waals surface area contributed by atoms with Gasteiger partial charge in [-0.25, -0.2) is 0 Å². The maximum Gasteiger partial charge on any atom is 0.157 e. The first-order valence-electron chi connectivity index (χ1n) is 5.25. The molecular formula is C9H20N2O4. The van der Waals surface area contributed by atoms with Crippen LogP contribution in [-0.2, 0) is 4.74 Å². The average molecular weight is 220 g/mol. The number of nitrogens with one attached hydrogen (secondary N) is 1. The first-order valence-corrected chi connectivity index (χ1v) is 5.25. The molecule has 0 amide bonds. The highest BCUT2D eigenvalue weighted by Crippen LogP contribution is 2.18. The highest BCUT2D eigenvalue weighted by Gasteiger charge is 2.35. The fourth-order valence-electron chi connectivity index (χ4n) is 1.57. The summed E-state index contributed by atoms with van der Waals surface area (Å²) in [5.41, 5.74) is 5.32. The molecule has 2 unspecified atom stereocenters. The molecule has 1 aliphatic heterocycles. The standard InChI is InChI=1S/C9H20N2O4/c10-2-1-3-11-5-7-9(14)6(12)4-8(13)15-7/h6-9,11-14H,1-5,10H2/t6?,7?,8-,9-/m0/s1. The Morgan fingerprint density at radius 2 is 2.07 bits per heavy atom. The number of rotatable bonds is 5. The number of aliphatic hydroxyl groups is 3. The molecule has 6 nitrogen and oxygen atoms in total. The lowest BCUT2D eigenvalue weighted by Crippen LogP contribution is -2.52. The lowest BCUT2D eigenvalue weighted by Gasteiger charge is -2.35.